The number of nitrogens with zero attached hydrogens (tertiary/aromatic N) is 2. The summed E-state index contributed by atoms with van der Waals surface area (Å²) in [4.78, 5) is 2.62. The van der Waals surface area contributed by atoms with E-state index in [2.05, 4.69) is 4.90 Å². The van der Waals surface area contributed by atoms with Crippen molar-refractivity contribution in [2.24, 2.45) is 0 Å². The fourth-order valence-electron chi connectivity index (χ4n) is 3.14. The van der Waals surface area contributed by atoms with Crippen molar-refractivity contribution in [3.8, 4) is 0 Å². The first-order valence-corrected chi connectivity index (χ1v) is 11.0. The van der Waals surface area contributed by atoms with E-state index in [1.807, 2.05) is 24.3 Å². The van der Waals surface area contributed by atoms with Gasteiger partial charge in [-0.05, 0) is 36.7 Å². The quantitative estimate of drug-likeness (QED) is 0.672. The second-order valence-electron chi connectivity index (χ2n) is 6.55. The molecule has 0 atom stereocenters. The maximum absolute atomic E-state index is 13.2. The van der Waals surface area contributed by atoms with Crippen LogP contribution in [-0.2, 0) is 21.3 Å². The Morgan fingerprint density at radius 1 is 1.00 bits per heavy atom. The van der Waals surface area contributed by atoms with E-state index in [1.54, 1.807) is 30.3 Å². The molecule has 146 valence electrons. The Kier molecular flexibility index (Phi) is 7.26. The van der Waals surface area contributed by atoms with Crippen molar-refractivity contribution in [1.29, 1.82) is 0 Å². The topological polar surface area (TPSA) is 49.9 Å². The van der Waals surface area contributed by atoms with E-state index in [9.17, 15) is 8.42 Å². The lowest BCUT2D eigenvalue weighted by Crippen LogP contribution is -2.39. The third-order valence-corrected chi connectivity index (χ3v) is 6.90. The lowest BCUT2D eigenvalue weighted by atomic mass is 10.2. The summed E-state index contributed by atoms with van der Waals surface area (Å²) in [5.74, 6) is 0. The monoisotopic (exact) mass is 408 g/mol. The molecule has 1 aliphatic heterocycles. The van der Waals surface area contributed by atoms with Crippen LogP contribution in [0.25, 0.3) is 0 Å². The number of ether oxygens (including phenoxy) is 1. The third kappa shape index (κ3) is 5.53. The van der Waals surface area contributed by atoms with Gasteiger partial charge in [0.2, 0.25) is 10.0 Å². The Morgan fingerprint density at radius 2 is 1.67 bits per heavy atom. The van der Waals surface area contributed by atoms with E-state index in [4.69, 9.17) is 16.3 Å². The van der Waals surface area contributed by atoms with Crippen LogP contribution in [0.3, 0.4) is 0 Å². The van der Waals surface area contributed by atoms with Gasteiger partial charge in [-0.15, -0.1) is 0 Å². The number of benzene rings is 2. The van der Waals surface area contributed by atoms with Gasteiger partial charge in [-0.25, -0.2) is 8.42 Å². The highest BCUT2D eigenvalue weighted by Crippen LogP contribution is 2.22. The summed E-state index contributed by atoms with van der Waals surface area (Å²) in [6.07, 6.45) is 0.760. The highest BCUT2D eigenvalue weighted by Gasteiger charge is 2.25. The maximum Gasteiger partial charge on any atom is 0.243 e. The fraction of sp³-hybridized carbons (Fsp3) is 0.400. The van der Waals surface area contributed by atoms with Crippen molar-refractivity contribution >= 4 is 21.6 Å². The van der Waals surface area contributed by atoms with Crippen molar-refractivity contribution in [3.05, 3.63) is 65.2 Å². The first kappa shape index (κ1) is 20.3. The zero-order chi connectivity index (χ0) is 19.1. The molecule has 0 N–H and O–H groups in total. The van der Waals surface area contributed by atoms with Gasteiger partial charge in [-0.3, -0.25) is 4.90 Å². The summed E-state index contributed by atoms with van der Waals surface area (Å²) < 4.78 is 33.3. The molecule has 2 aromatic carbocycles. The Morgan fingerprint density at radius 3 is 2.37 bits per heavy atom. The SMILES string of the molecule is O=S(=O)(c1ccccc1)N(CCCN1CCOCC1)Cc1ccccc1Cl. The largest absolute Gasteiger partial charge is 0.379 e. The average molecular weight is 409 g/mol. The van der Waals surface area contributed by atoms with Gasteiger partial charge in [0.15, 0.2) is 0 Å². The lowest BCUT2D eigenvalue weighted by Gasteiger charge is -2.28. The van der Waals surface area contributed by atoms with Crippen molar-refractivity contribution in [2.75, 3.05) is 39.4 Å². The molecule has 0 unspecified atom stereocenters. The van der Waals surface area contributed by atoms with Crippen LogP contribution in [0.1, 0.15) is 12.0 Å². The number of halogens is 1. The molecule has 0 amide bonds. The maximum atomic E-state index is 13.2. The van der Waals surface area contributed by atoms with Gasteiger partial charge < -0.3 is 4.74 Å². The molecule has 0 aromatic heterocycles. The predicted molar refractivity (Wildman–Crippen MR) is 107 cm³/mol. The minimum absolute atomic E-state index is 0.264. The molecule has 1 fully saturated rings. The first-order valence-electron chi connectivity index (χ1n) is 9.16. The molecule has 0 aliphatic carbocycles. The Hall–Kier alpha value is -1.44. The zero-order valence-electron chi connectivity index (χ0n) is 15.3. The second kappa shape index (κ2) is 9.66. The average Bonchev–Trinajstić information content (AvgIpc) is 2.70. The Balaban J connectivity index is 1.75. The van der Waals surface area contributed by atoms with Crippen LogP contribution in [0, 0.1) is 0 Å². The van der Waals surface area contributed by atoms with Gasteiger partial charge in [-0.1, -0.05) is 48.0 Å². The van der Waals surface area contributed by atoms with E-state index < -0.39 is 10.0 Å². The molecule has 27 heavy (non-hydrogen) atoms. The van der Waals surface area contributed by atoms with E-state index in [0.29, 0.717) is 16.5 Å². The first-order chi connectivity index (χ1) is 13.1. The normalized spacial score (nSPS) is 15.9. The van der Waals surface area contributed by atoms with Crippen LogP contribution in [0.15, 0.2) is 59.5 Å². The van der Waals surface area contributed by atoms with Crippen molar-refractivity contribution in [1.82, 2.24) is 9.21 Å². The highest BCUT2D eigenvalue weighted by molar-refractivity contribution is 7.89. The number of morpholine rings is 1. The van der Waals surface area contributed by atoms with Crippen molar-refractivity contribution in [3.63, 3.8) is 0 Å². The molecule has 0 radical (unpaired) electrons. The molecular formula is C20H25ClN2O3S. The number of sulfonamides is 1. The van der Waals surface area contributed by atoms with E-state index in [1.165, 1.54) is 4.31 Å². The van der Waals surface area contributed by atoms with Gasteiger partial charge >= 0.3 is 0 Å². The van der Waals surface area contributed by atoms with Gasteiger partial charge in [0.25, 0.3) is 0 Å². The molecular weight excluding hydrogens is 384 g/mol. The number of rotatable bonds is 8. The number of hydrogen-bond donors (Lipinski definition) is 0. The van der Waals surface area contributed by atoms with Crippen molar-refractivity contribution in [2.45, 2.75) is 17.9 Å². The fourth-order valence-corrected chi connectivity index (χ4v) is 4.81. The molecule has 2 aromatic rings. The van der Waals surface area contributed by atoms with E-state index in [-0.39, 0.29) is 6.54 Å². The summed E-state index contributed by atoms with van der Waals surface area (Å²) >= 11 is 6.28. The Bertz CT molecular complexity index is 824. The van der Waals surface area contributed by atoms with Gasteiger partial charge in [-0.2, -0.15) is 4.31 Å². The molecule has 3 rings (SSSR count). The van der Waals surface area contributed by atoms with E-state index >= 15 is 0 Å². The minimum Gasteiger partial charge on any atom is -0.379 e. The van der Waals surface area contributed by atoms with Gasteiger partial charge in [0.05, 0.1) is 18.1 Å². The predicted octanol–water partition coefficient (Wildman–Crippen LogP) is 3.25. The Labute approximate surface area is 166 Å². The highest BCUT2D eigenvalue weighted by atomic mass is 35.5. The summed E-state index contributed by atoms with van der Waals surface area (Å²) in [7, 11) is -3.59. The molecule has 5 nitrogen and oxygen atoms in total. The molecule has 0 spiro atoms. The second-order valence-corrected chi connectivity index (χ2v) is 8.90. The molecule has 1 saturated heterocycles. The smallest absolute Gasteiger partial charge is 0.243 e. The van der Waals surface area contributed by atoms with E-state index in [0.717, 1.165) is 44.8 Å². The van der Waals surface area contributed by atoms with Crippen molar-refractivity contribution < 1.29 is 13.2 Å². The zero-order valence-corrected chi connectivity index (χ0v) is 16.8. The molecule has 1 heterocycles. The third-order valence-electron chi connectivity index (χ3n) is 4.67. The summed E-state index contributed by atoms with van der Waals surface area (Å²) in [5, 5.41) is 0.582. The standard InChI is InChI=1S/C20H25ClN2O3S/c21-20-10-5-4-7-18(20)17-23(12-6-11-22-13-15-26-16-14-22)27(24,25)19-8-2-1-3-9-19/h1-5,7-10H,6,11-17H2. The lowest BCUT2D eigenvalue weighted by molar-refractivity contribution is 0.0368. The summed E-state index contributed by atoms with van der Waals surface area (Å²) in [6, 6.07) is 16.0. The molecule has 0 bridgehead atoms. The van der Waals surface area contributed by atoms with Crippen LogP contribution in [-0.4, -0.2) is 57.0 Å². The van der Waals surface area contributed by atoms with Crippen LogP contribution < -0.4 is 0 Å². The molecule has 7 heteroatoms. The van der Waals surface area contributed by atoms with Crippen LogP contribution in [0.5, 0.6) is 0 Å². The molecule has 1 aliphatic rings. The minimum atomic E-state index is -3.59. The number of hydrogen-bond acceptors (Lipinski definition) is 4. The molecule has 0 saturated carbocycles. The van der Waals surface area contributed by atoms with Crippen LogP contribution in [0.4, 0.5) is 0 Å². The summed E-state index contributed by atoms with van der Waals surface area (Å²) in [5.41, 5.74) is 0.810. The van der Waals surface area contributed by atoms with Crippen LogP contribution in [0.2, 0.25) is 5.02 Å². The van der Waals surface area contributed by atoms with Gasteiger partial charge in [0, 0.05) is 31.2 Å². The summed E-state index contributed by atoms with van der Waals surface area (Å²) in [6.45, 7) is 4.84. The van der Waals surface area contributed by atoms with Crippen LogP contribution >= 0.6 is 11.6 Å². The van der Waals surface area contributed by atoms with Gasteiger partial charge in [0.1, 0.15) is 0 Å².